The summed E-state index contributed by atoms with van der Waals surface area (Å²) in [5, 5.41) is 14.5. The average molecular weight is 338 g/mol. The largest absolute Gasteiger partial charge is 0.465 e. The van der Waals surface area contributed by atoms with E-state index in [1.807, 2.05) is 0 Å². The zero-order chi connectivity index (χ0) is 17.8. The van der Waals surface area contributed by atoms with Gasteiger partial charge in [0.1, 0.15) is 0 Å². The average Bonchev–Trinajstić information content (AvgIpc) is 2.60. The number of aromatic nitrogens is 2. The first kappa shape index (κ1) is 16.6. The quantitative estimate of drug-likeness (QED) is 0.693. The van der Waals surface area contributed by atoms with E-state index in [2.05, 4.69) is 20.6 Å². The number of anilines is 1. The van der Waals surface area contributed by atoms with Gasteiger partial charge < -0.3 is 15.7 Å². The molecule has 2 atom stereocenters. The molecule has 128 valence electrons. The Hall–Kier alpha value is -3.22. The van der Waals surface area contributed by atoms with Gasteiger partial charge >= 0.3 is 6.09 Å². The van der Waals surface area contributed by atoms with E-state index in [4.69, 9.17) is 5.11 Å². The van der Waals surface area contributed by atoms with Gasteiger partial charge in [-0.25, -0.2) is 4.79 Å². The Balaban J connectivity index is 2.12. The molecule has 3 rings (SSSR count). The van der Waals surface area contributed by atoms with Crippen LogP contribution in [0.5, 0.6) is 0 Å². The number of rotatable bonds is 1. The summed E-state index contributed by atoms with van der Waals surface area (Å²) in [6.07, 6.45) is 6.09. The van der Waals surface area contributed by atoms with Crippen molar-refractivity contribution in [3.05, 3.63) is 54.5 Å². The van der Waals surface area contributed by atoms with Crippen LogP contribution >= 0.6 is 0 Å². The Kier molecular flexibility index (Phi) is 4.74. The fourth-order valence-corrected chi connectivity index (χ4v) is 2.68. The lowest BCUT2D eigenvalue weighted by molar-refractivity contribution is -0.118. The van der Waals surface area contributed by atoms with Crippen molar-refractivity contribution in [3.63, 3.8) is 0 Å². The van der Waals surface area contributed by atoms with E-state index in [0.717, 1.165) is 5.56 Å². The van der Waals surface area contributed by atoms with Gasteiger partial charge in [0.25, 0.3) is 0 Å². The highest BCUT2D eigenvalue weighted by Gasteiger charge is 2.19. The molecule has 3 heterocycles. The van der Waals surface area contributed by atoms with Crippen molar-refractivity contribution in [1.29, 1.82) is 0 Å². The second kappa shape index (κ2) is 7.12. The van der Waals surface area contributed by atoms with Crippen LogP contribution < -0.4 is 10.6 Å². The van der Waals surface area contributed by atoms with Gasteiger partial charge in [-0.3, -0.25) is 14.8 Å². The van der Waals surface area contributed by atoms with Gasteiger partial charge in [-0.2, -0.15) is 0 Å². The standard InChI is InChI=1S/C18H18N4O3/c1-11-4-2-5-13(22-18(24)25)15-10-12(7-9-19-15)16-14(21-17(11)23)6-3-8-20-16/h2-4,6-11,13,22H,5H2,1H3,(H,21,23)(H,24,25)/t11-,13+/m1/s1. The van der Waals surface area contributed by atoms with Gasteiger partial charge in [0.2, 0.25) is 5.91 Å². The lowest BCUT2D eigenvalue weighted by Crippen LogP contribution is -2.27. The molecule has 0 fully saturated rings. The smallest absolute Gasteiger partial charge is 0.405 e. The molecule has 0 radical (unpaired) electrons. The van der Waals surface area contributed by atoms with Crippen LogP contribution in [0.3, 0.4) is 0 Å². The lowest BCUT2D eigenvalue weighted by Gasteiger charge is -2.18. The van der Waals surface area contributed by atoms with Crippen molar-refractivity contribution in [3.8, 4) is 11.3 Å². The van der Waals surface area contributed by atoms with Crippen LogP contribution in [0.25, 0.3) is 11.3 Å². The van der Waals surface area contributed by atoms with Crippen molar-refractivity contribution in [2.45, 2.75) is 19.4 Å². The number of hydrogen-bond donors (Lipinski definition) is 3. The van der Waals surface area contributed by atoms with Gasteiger partial charge in [0, 0.05) is 18.0 Å². The zero-order valence-electron chi connectivity index (χ0n) is 13.6. The number of pyridine rings is 2. The molecule has 0 saturated heterocycles. The first-order chi connectivity index (χ1) is 12.0. The topological polar surface area (TPSA) is 104 Å². The maximum atomic E-state index is 12.4. The predicted molar refractivity (Wildman–Crippen MR) is 92.9 cm³/mol. The second-order valence-electron chi connectivity index (χ2n) is 5.81. The number of nitrogens with one attached hydrogen (secondary N) is 2. The molecule has 2 aromatic heterocycles. The van der Waals surface area contributed by atoms with E-state index in [-0.39, 0.29) is 11.8 Å². The summed E-state index contributed by atoms with van der Waals surface area (Å²) < 4.78 is 0. The minimum absolute atomic E-state index is 0.150. The van der Waals surface area contributed by atoms with Crippen LogP contribution in [-0.2, 0) is 4.79 Å². The summed E-state index contributed by atoms with van der Waals surface area (Å²) in [5.74, 6) is -0.507. The molecular weight excluding hydrogens is 320 g/mol. The summed E-state index contributed by atoms with van der Waals surface area (Å²) in [6.45, 7) is 1.78. The minimum Gasteiger partial charge on any atom is -0.465 e. The van der Waals surface area contributed by atoms with Gasteiger partial charge in [0.15, 0.2) is 0 Å². The van der Waals surface area contributed by atoms with Gasteiger partial charge in [0.05, 0.1) is 29.0 Å². The molecule has 1 aliphatic rings. The minimum atomic E-state index is -1.12. The molecule has 7 nitrogen and oxygen atoms in total. The molecule has 25 heavy (non-hydrogen) atoms. The van der Waals surface area contributed by atoms with E-state index < -0.39 is 12.1 Å². The second-order valence-corrected chi connectivity index (χ2v) is 5.81. The van der Waals surface area contributed by atoms with Crippen LogP contribution in [0, 0.1) is 5.92 Å². The molecule has 2 aromatic rings. The number of carbonyl (C=O) groups is 2. The van der Waals surface area contributed by atoms with Crippen molar-refractivity contribution in [1.82, 2.24) is 15.3 Å². The summed E-state index contributed by atoms with van der Waals surface area (Å²) in [6, 6.07) is 6.61. The molecule has 7 heteroatoms. The fraction of sp³-hybridized carbons (Fsp3) is 0.222. The molecule has 0 aliphatic carbocycles. The van der Waals surface area contributed by atoms with Crippen LogP contribution in [0.4, 0.5) is 10.5 Å². The Morgan fingerprint density at radius 2 is 2.16 bits per heavy atom. The number of amides is 2. The van der Waals surface area contributed by atoms with Crippen LogP contribution in [0.15, 0.2) is 48.8 Å². The predicted octanol–water partition coefficient (Wildman–Crippen LogP) is 2.99. The maximum absolute atomic E-state index is 12.4. The number of carboxylic acid groups (broad SMARTS) is 1. The molecular formula is C18H18N4O3. The molecule has 0 saturated carbocycles. The fourth-order valence-electron chi connectivity index (χ4n) is 2.68. The summed E-state index contributed by atoms with van der Waals surface area (Å²) in [7, 11) is 0. The monoisotopic (exact) mass is 338 g/mol. The Labute approximate surface area is 144 Å². The normalized spacial score (nSPS) is 19.8. The lowest BCUT2D eigenvalue weighted by atomic mass is 10.0. The van der Waals surface area contributed by atoms with E-state index >= 15 is 0 Å². The summed E-state index contributed by atoms with van der Waals surface area (Å²) in [5.41, 5.74) is 2.58. The molecule has 0 aromatic carbocycles. The Bertz CT molecular complexity index is 835. The maximum Gasteiger partial charge on any atom is 0.405 e. The number of hydrogen-bond acceptors (Lipinski definition) is 4. The Morgan fingerprint density at radius 1 is 1.32 bits per heavy atom. The SMILES string of the molecule is C[C@@H]1C=CC[C@H](NC(=O)O)c2cc(ccn2)-c2ncccc2NC1=O. The van der Waals surface area contributed by atoms with Crippen molar-refractivity contribution in [2.24, 2.45) is 5.92 Å². The third-order valence-electron chi connectivity index (χ3n) is 3.98. The first-order valence-corrected chi connectivity index (χ1v) is 7.93. The number of carbonyl (C=O) groups excluding carboxylic acids is 1. The van der Waals surface area contributed by atoms with Crippen LogP contribution in [-0.4, -0.2) is 27.1 Å². The van der Waals surface area contributed by atoms with Gasteiger partial charge in [-0.05, 0) is 30.7 Å². The van der Waals surface area contributed by atoms with Crippen LogP contribution in [0.2, 0.25) is 0 Å². The third-order valence-corrected chi connectivity index (χ3v) is 3.98. The highest BCUT2D eigenvalue weighted by atomic mass is 16.4. The number of fused-ring (bicyclic) bond motifs is 4. The van der Waals surface area contributed by atoms with Crippen molar-refractivity contribution < 1.29 is 14.7 Å². The molecule has 0 spiro atoms. The third kappa shape index (κ3) is 3.82. The Morgan fingerprint density at radius 3 is 2.96 bits per heavy atom. The highest BCUT2D eigenvalue weighted by Crippen LogP contribution is 2.28. The molecule has 2 amide bonds. The zero-order valence-corrected chi connectivity index (χ0v) is 13.6. The summed E-state index contributed by atoms with van der Waals surface area (Å²) in [4.78, 5) is 32.2. The first-order valence-electron chi connectivity index (χ1n) is 7.93. The van der Waals surface area contributed by atoms with E-state index in [1.165, 1.54) is 0 Å². The highest BCUT2D eigenvalue weighted by molar-refractivity contribution is 5.96. The van der Waals surface area contributed by atoms with Crippen molar-refractivity contribution in [2.75, 3.05) is 5.32 Å². The molecule has 2 bridgehead atoms. The molecule has 1 aliphatic heterocycles. The van der Waals surface area contributed by atoms with E-state index in [9.17, 15) is 9.59 Å². The van der Waals surface area contributed by atoms with E-state index in [1.54, 1.807) is 55.7 Å². The molecule has 0 unspecified atom stereocenters. The van der Waals surface area contributed by atoms with Gasteiger partial charge in [-0.15, -0.1) is 0 Å². The van der Waals surface area contributed by atoms with Crippen molar-refractivity contribution >= 4 is 17.7 Å². The summed E-state index contributed by atoms with van der Waals surface area (Å²) >= 11 is 0. The van der Waals surface area contributed by atoms with E-state index in [0.29, 0.717) is 23.5 Å². The van der Waals surface area contributed by atoms with Gasteiger partial charge in [-0.1, -0.05) is 19.1 Å². The van der Waals surface area contributed by atoms with Crippen LogP contribution in [0.1, 0.15) is 25.1 Å². The number of nitrogens with zero attached hydrogens (tertiary/aromatic N) is 2. The molecule has 3 N–H and O–H groups in total.